The number of ether oxygens (including phenoxy) is 3. The van der Waals surface area contributed by atoms with E-state index >= 15 is 0 Å². The van der Waals surface area contributed by atoms with Gasteiger partial charge in [0.1, 0.15) is 0 Å². The maximum absolute atomic E-state index is 5.98. The number of methoxy groups -OCH3 is 1. The van der Waals surface area contributed by atoms with E-state index < -0.39 is 0 Å². The Balaban J connectivity index is 0.00000243. The fourth-order valence-corrected chi connectivity index (χ4v) is 2.51. The minimum atomic E-state index is 0. The van der Waals surface area contributed by atoms with Gasteiger partial charge in [0, 0.05) is 25.3 Å². The monoisotopic (exact) mass is 469 g/mol. The Labute approximate surface area is 170 Å². The fraction of sp³-hybridized carbons (Fsp3) is 0.316. The van der Waals surface area contributed by atoms with E-state index in [-0.39, 0.29) is 24.0 Å². The van der Waals surface area contributed by atoms with Gasteiger partial charge in [-0.3, -0.25) is 0 Å². The third-order valence-corrected chi connectivity index (χ3v) is 3.79. The second kappa shape index (κ2) is 10.2. The minimum Gasteiger partial charge on any atom is -0.490 e. The second-order valence-corrected chi connectivity index (χ2v) is 5.79. The summed E-state index contributed by atoms with van der Waals surface area (Å²) in [6.45, 7) is 2.44. The number of nitrogens with one attached hydrogen (secondary N) is 1. The number of anilines is 1. The van der Waals surface area contributed by atoms with Crippen molar-refractivity contribution in [3.63, 3.8) is 0 Å². The summed E-state index contributed by atoms with van der Waals surface area (Å²) in [5.41, 5.74) is 9.02. The summed E-state index contributed by atoms with van der Waals surface area (Å²) in [6, 6.07) is 13.8. The van der Waals surface area contributed by atoms with Gasteiger partial charge in [0.2, 0.25) is 0 Å². The highest BCUT2D eigenvalue weighted by atomic mass is 127. The first kappa shape index (κ1) is 20.3. The third-order valence-electron chi connectivity index (χ3n) is 3.79. The molecule has 7 heteroatoms. The highest BCUT2D eigenvalue weighted by molar-refractivity contribution is 14.0. The van der Waals surface area contributed by atoms with Crippen molar-refractivity contribution in [3.8, 4) is 11.5 Å². The smallest absolute Gasteiger partial charge is 0.193 e. The van der Waals surface area contributed by atoms with Crippen LogP contribution >= 0.6 is 24.0 Å². The summed E-state index contributed by atoms with van der Waals surface area (Å²) < 4.78 is 16.4. The maximum Gasteiger partial charge on any atom is 0.193 e. The summed E-state index contributed by atoms with van der Waals surface area (Å²) in [4.78, 5) is 4.38. The Hall–Kier alpha value is -2.00. The van der Waals surface area contributed by atoms with Crippen LogP contribution in [0.15, 0.2) is 47.5 Å². The van der Waals surface area contributed by atoms with Crippen LogP contribution in [-0.2, 0) is 17.9 Å². The van der Waals surface area contributed by atoms with Gasteiger partial charge in [-0.2, -0.15) is 0 Å². The van der Waals surface area contributed by atoms with Gasteiger partial charge in [0.25, 0.3) is 0 Å². The number of hydrogen-bond acceptors (Lipinski definition) is 4. The first-order valence-electron chi connectivity index (χ1n) is 8.28. The molecule has 26 heavy (non-hydrogen) atoms. The summed E-state index contributed by atoms with van der Waals surface area (Å²) in [5.74, 6) is 1.84. The SMILES string of the molecule is COCc1ccc(CN=C(N)Nc2ccc3c(c2)OCCCO3)cc1.I. The number of rotatable bonds is 5. The summed E-state index contributed by atoms with van der Waals surface area (Å²) >= 11 is 0. The largest absolute Gasteiger partial charge is 0.490 e. The van der Waals surface area contributed by atoms with Crippen LogP contribution in [0.25, 0.3) is 0 Å². The molecule has 140 valence electrons. The van der Waals surface area contributed by atoms with Gasteiger partial charge in [-0.05, 0) is 23.3 Å². The molecule has 1 heterocycles. The molecule has 0 aromatic heterocycles. The number of nitrogens with two attached hydrogens (primary N) is 1. The van der Waals surface area contributed by atoms with Crippen molar-refractivity contribution >= 4 is 35.6 Å². The maximum atomic E-state index is 5.98. The first-order chi connectivity index (χ1) is 12.2. The lowest BCUT2D eigenvalue weighted by Gasteiger charge is -2.10. The molecule has 0 atom stereocenters. The van der Waals surface area contributed by atoms with E-state index in [4.69, 9.17) is 19.9 Å². The number of halogens is 1. The first-order valence-corrected chi connectivity index (χ1v) is 8.28. The van der Waals surface area contributed by atoms with Gasteiger partial charge in [0.05, 0.1) is 26.4 Å². The van der Waals surface area contributed by atoms with E-state index in [0.29, 0.717) is 32.3 Å². The van der Waals surface area contributed by atoms with Crippen LogP contribution in [0, 0.1) is 0 Å². The molecule has 3 N–H and O–H groups in total. The number of fused-ring (bicyclic) bond motifs is 1. The topological polar surface area (TPSA) is 78.1 Å². The molecule has 0 amide bonds. The van der Waals surface area contributed by atoms with Gasteiger partial charge >= 0.3 is 0 Å². The van der Waals surface area contributed by atoms with Crippen LogP contribution in [0.1, 0.15) is 17.5 Å². The van der Waals surface area contributed by atoms with E-state index in [9.17, 15) is 0 Å². The Morgan fingerprint density at radius 2 is 1.77 bits per heavy atom. The predicted octanol–water partition coefficient (Wildman–Crippen LogP) is 3.54. The van der Waals surface area contributed by atoms with Crippen molar-refractivity contribution in [1.29, 1.82) is 0 Å². The van der Waals surface area contributed by atoms with Crippen LogP contribution in [0.5, 0.6) is 11.5 Å². The number of hydrogen-bond donors (Lipinski definition) is 2. The fourth-order valence-electron chi connectivity index (χ4n) is 2.51. The molecular weight excluding hydrogens is 445 g/mol. The standard InChI is InChI=1S/C19H23N3O3.HI/c1-23-13-15-5-3-14(4-6-15)12-21-19(20)22-16-7-8-17-18(11-16)25-10-2-9-24-17;/h3-8,11H,2,9-10,12-13H2,1H3,(H3,20,21,22);1H. The Morgan fingerprint density at radius 1 is 1.08 bits per heavy atom. The van der Waals surface area contributed by atoms with Crippen molar-refractivity contribution in [2.24, 2.45) is 10.7 Å². The molecule has 2 aromatic rings. The van der Waals surface area contributed by atoms with Gasteiger partial charge in [-0.25, -0.2) is 4.99 Å². The van der Waals surface area contributed by atoms with Crippen molar-refractivity contribution in [1.82, 2.24) is 0 Å². The Morgan fingerprint density at radius 3 is 2.50 bits per heavy atom. The molecule has 0 saturated carbocycles. The molecule has 0 saturated heterocycles. The minimum absolute atomic E-state index is 0. The molecule has 1 aliphatic rings. The summed E-state index contributed by atoms with van der Waals surface area (Å²) in [5, 5.41) is 3.09. The zero-order valence-electron chi connectivity index (χ0n) is 14.7. The quantitative estimate of drug-likeness (QED) is 0.398. The second-order valence-electron chi connectivity index (χ2n) is 5.79. The van der Waals surface area contributed by atoms with Gasteiger partial charge < -0.3 is 25.3 Å². The molecule has 0 fully saturated rings. The van der Waals surface area contributed by atoms with Crippen LogP contribution < -0.4 is 20.5 Å². The molecular formula is C19H24IN3O3. The molecule has 0 radical (unpaired) electrons. The zero-order chi connectivity index (χ0) is 17.5. The van der Waals surface area contributed by atoms with Crippen molar-refractivity contribution in [2.45, 2.75) is 19.6 Å². The number of guanidine groups is 1. The lowest BCUT2D eigenvalue weighted by atomic mass is 10.1. The van der Waals surface area contributed by atoms with E-state index in [2.05, 4.69) is 10.3 Å². The van der Waals surface area contributed by atoms with E-state index in [1.54, 1.807) is 7.11 Å². The van der Waals surface area contributed by atoms with Crippen molar-refractivity contribution in [2.75, 3.05) is 25.6 Å². The van der Waals surface area contributed by atoms with E-state index in [1.807, 2.05) is 42.5 Å². The average molecular weight is 469 g/mol. The molecule has 1 aliphatic heterocycles. The molecule has 3 rings (SSSR count). The normalized spacial score (nSPS) is 13.5. The number of aliphatic imine (C=N–C) groups is 1. The molecule has 0 aliphatic carbocycles. The number of benzene rings is 2. The summed E-state index contributed by atoms with van der Waals surface area (Å²) in [6.07, 6.45) is 0.879. The molecule has 0 unspecified atom stereocenters. The highest BCUT2D eigenvalue weighted by Gasteiger charge is 2.10. The van der Waals surface area contributed by atoms with Gasteiger partial charge in [-0.15, -0.1) is 24.0 Å². The van der Waals surface area contributed by atoms with Gasteiger partial charge in [0.15, 0.2) is 17.5 Å². The highest BCUT2D eigenvalue weighted by Crippen LogP contribution is 2.32. The van der Waals surface area contributed by atoms with Crippen LogP contribution in [-0.4, -0.2) is 26.3 Å². The average Bonchev–Trinajstić information content (AvgIpc) is 2.86. The Bertz CT molecular complexity index is 735. The Kier molecular flexibility index (Phi) is 7.99. The van der Waals surface area contributed by atoms with Crippen LogP contribution in [0.4, 0.5) is 5.69 Å². The predicted molar refractivity (Wildman–Crippen MR) is 114 cm³/mol. The van der Waals surface area contributed by atoms with Gasteiger partial charge in [-0.1, -0.05) is 24.3 Å². The van der Waals surface area contributed by atoms with Crippen LogP contribution in [0.2, 0.25) is 0 Å². The lowest BCUT2D eigenvalue weighted by molar-refractivity contribution is 0.185. The third kappa shape index (κ3) is 5.77. The van der Waals surface area contributed by atoms with Crippen LogP contribution in [0.3, 0.4) is 0 Å². The van der Waals surface area contributed by atoms with Crippen molar-refractivity contribution < 1.29 is 14.2 Å². The zero-order valence-corrected chi connectivity index (χ0v) is 17.1. The lowest BCUT2D eigenvalue weighted by Crippen LogP contribution is -2.22. The molecule has 0 bridgehead atoms. The van der Waals surface area contributed by atoms with E-state index in [0.717, 1.165) is 34.7 Å². The molecule has 0 spiro atoms. The summed E-state index contributed by atoms with van der Waals surface area (Å²) in [7, 11) is 1.68. The molecule has 2 aromatic carbocycles. The van der Waals surface area contributed by atoms with E-state index in [1.165, 1.54) is 0 Å². The van der Waals surface area contributed by atoms with Crippen molar-refractivity contribution in [3.05, 3.63) is 53.6 Å². The molecule has 6 nitrogen and oxygen atoms in total. The number of nitrogens with zero attached hydrogens (tertiary/aromatic N) is 1.